The quantitative estimate of drug-likeness (QED) is 0.846. The molecule has 0 bridgehead atoms. The van der Waals surface area contributed by atoms with Crippen molar-refractivity contribution in [3.8, 4) is 0 Å². The van der Waals surface area contributed by atoms with E-state index in [-0.39, 0.29) is 0 Å². The standard InChI is InChI=1S/C13H17Br2N/c1-13(5-2-6-13)9-16-8-10-3-4-11(14)12(15)7-10/h3-4,7,16H,2,5-6,8-9H2,1H3. The molecule has 1 saturated carbocycles. The van der Waals surface area contributed by atoms with Crippen molar-refractivity contribution in [3.63, 3.8) is 0 Å². The summed E-state index contributed by atoms with van der Waals surface area (Å²) < 4.78 is 2.24. The van der Waals surface area contributed by atoms with Crippen molar-refractivity contribution in [1.82, 2.24) is 5.32 Å². The van der Waals surface area contributed by atoms with Gasteiger partial charge < -0.3 is 5.32 Å². The normalized spacial score (nSPS) is 18.2. The second kappa shape index (κ2) is 5.19. The molecule has 3 heteroatoms. The smallest absolute Gasteiger partial charge is 0.0320 e. The molecule has 1 fully saturated rings. The lowest BCUT2D eigenvalue weighted by Crippen LogP contribution is -2.36. The van der Waals surface area contributed by atoms with Gasteiger partial charge in [0.15, 0.2) is 0 Å². The van der Waals surface area contributed by atoms with Crippen LogP contribution in [0.5, 0.6) is 0 Å². The van der Waals surface area contributed by atoms with Gasteiger partial charge in [0.1, 0.15) is 0 Å². The third-order valence-electron chi connectivity index (χ3n) is 3.43. The molecular formula is C13H17Br2N. The van der Waals surface area contributed by atoms with Crippen LogP contribution < -0.4 is 5.32 Å². The molecule has 1 aliphatic rings. The van der Waals surface area contributed by atoms with E-state index in [2.05, 4.69) is 62.3 Å². The van der Waals surface area contributed by atoms with Gasteiger partial charge in [0, 0.05) is 22.0 Å². The van der Waals surface area contributed by atoms with Crippen LogP contribution in [-0.2, 0) is 6.54 Å². The second-order valence-corrected chi connectivity index (χ2v) is 6.72. The van der Waals surface area contributed by atoms with Gasteiger partial charge in [-0.2, -0.15) is 0 Å². The molecule has 0 radical (unpaired) electrons. The molecule has 1 aromatic rings. The average Bonchev–Trinajstić information content (AvgIpc) is 2.21. The molecule has 0 unspecified atom stereocenters. The minimum Gasteiger partial charge on any atom is -0.312 e. The molecular weight excluding hydrogens is 330 g/mol. The van der Waals surface area contributed by atoms with Gasteiger partial charge in [-0.15, -0.1) is 0 Å². The van der Waals surface area contributed by atoms with Crippen molar-refractivity contribution in [2.75, 3.05) is 6.54 Å². The Morgan fingerprint density at radius 3 is 2.56 bits per heavy atom. The van der Waals surface area contributed by atoms with Gasteiger partial charge in [0.25, 0.3) is 0 Å². The minimum absolute atomic E-state index is 0.562. The first kappa shape index (κ1) is 12.6. The van der Waals surface area contributed by atoms with E-state index in [9.17, 15) is 0 Å². The van der Waals surface area contributed by atoms with Crippen LogP contribution in [0.4, 0.5) is 0 Å². The summed E-state index contributed by atoms with van der Waals surface area (Å²) in [6.45, 7) is 4.48. The highest BCUT2D eigenvalue weighted by Crippen LogP contribution is 2.39. The average molecular weight is 347 g/mol. The fourth-order valence-corrected chi connectivity index (χ4v) is 2.79. The maximum absolute atomic E-state index is 3.55. The highest BCUT2D eigenvalue weighted by molar-refractivity contribution is 9.13. The van der Waals surface area contributed by atoms with Crippen molar-refractivity contribution in [2.45, 2.75) is 32.7 Å². The van der Waals surface area contributed by atoms with Crippen molar-refractivity contribution in [2.24, 2.45) is 5.41 Å². The zero-order valence-electron chi connectivity index (χ0n) is 9.52. The third kappa shape index (κ3) is 3.08. The Labute approximate surface area is 114 Å². The molecule has 0 atom stereocenters. The van der Waals surface area contributed by atoms with Crippen molar-refractivity contribution in [1.29, 1.82) is 0 Å². The third-order valence-corrected chi connectivity index (χ3v) is 5.31. The van der Waals surface area contributed by atoms with Gasteiger partial charge in [0.05, 0.1) is 0 Å². The summed E-state index contributed by atoms with van der Waals surface area (Å²) >= 11 is 7.01. The number of hydrogen-bond donors (Lipinski definition) is 1. The molecule has 1 N–H and O–H groups in total. The van der Waals surface area contributed by atoms with E-state index < -0.39 is 0 Å². The first-order valence-corrected chi connectivity index (χ1v) is 7.32. The summed E-state index contributed by atoms with van der Waals surface area (Å²) in [5.41, 5.74) is 1.89. The highest BCUT2D eigenvalue weighted by atomic mass is 79.9. The Morgan fingerprint density at radius 2 is 2.00 bits per heavy atom. The van der Waals surface area contributed by atoms with Gasteiger partial charge in [-0.25, -0.2) is 0 Å². The number of hydrogen-bond acceptors (Lipinski definition) is 1. The Bertz CT molecular complexity index is 372. The van der Waals surface area contributed by atoms with Gasteiger partial charge >= 0.3 is 0 Å². The molecule has 16 heavy (non-hydrogen) atoms. The fourth-order valence-electron chi connectivity index (χ4n) is 2.12. The maximum Gasteiger partial charge on any atom is 0.0320 e. The van der Waals surface area contributed by atoms with Crippen molar-refractivity contribution in [3.05, 3.63) is 32.7 Å². The van der Waals surface area contributed by atoms with Crippen LogP contribution in [0.2, 0.25) is 0 Å². The first-order chi connectivity index (χ1) is 7.59. The molecule has 0 heterocycles. The summed E-state index contributed by atoms with van der Waals surface area (Å²) in [7, 11) is 0. The lowest BCUT2D eigenvalue weighted by Gasteiger charge is -2.38. The maximum atomic E-state index is 3.55. The van der Waals surface area contributed by atoms with Crippen LogP contribution in [0.15, 0.2) is 27.1 Å². The minimum atomic E-state index is 0.562. The summed E-state index contributed by atoms with van der Waals surface area (Å²) in [6.07, 6.45) is 4.16. The van der Waals surface area contributed by atoms with Gasteiger partial charge in [-0.3, -0.25) is 0 Å². The number of nitrogens with one attached hydrogen (secondary N) is 1. The monoisotopic (exact) mass is 345 g/mol. The molecule has 0 saturated heterocycles. The van der Waals surface area contributed by atoms with Gasteiger partial charge in [-0.1, -0.05) is 19.4 Å². The van der Waals surface area contributed by atoms with Crippen LogP contribution in [0, 0.1) is 5.41 Å². The lowest BCUT2D eigenvalue weighted by atomic mass is 9.70. The second-order valence-electron chi connectivity index (χ2n) is 5.02. The Kier molecular flexibility index (Phi) is 4.09. The molecule has 88 valence electrons. The van der Waals surface area contributed by atoms with E-state index in [0.29, 0.717) is 5.41 Å². The topological polar surface area (TPSA) is 12.0 Å². The van der Waals surface area contributed by atoms with Crippen molar-refractivity contribution >= 4 is 31.9 Å². The zero-order chi connectivity index (χ0) is 11.6. The summed E-state index contributed by atoms with van der Waals surface area (Å²) in [6, 6.07) is 6.41. The van der Waals surface area contributed by atoms with Crippen LogP contribution in [0.3, 0.4) is 0 Å². The Hall–Kier alpha value is 0.140. The summed E-state index contributed by atoms with van der Waals surface area (Å²) in [5.74, 6) is 0. The Morgan fingerprint density at radius 1 is 1.25 bits per heavy atom. The fraction of sp³-hybridized carbons (Fsp3) is 0.538. The van der Waals surface area contributed by atoms with Gasteiger partial charge in [-0.05, 0) is 67.8 Å². The molecule has 0 aliphatic heterocycles. The van der Waals surface area contributed by atoms with E-state index in [4.69, 9.17) is 0 Å². The van der Waals surface area contributed by atoms with Crippen LogP contribution in [0.1, 0.15) is 31.7 Å². The van der Waals surface area contributed by atoms with E-state index >= 15 is 0 Å². The predicted molar refractivity (Wildman–Crippen MR) is 75.5 cm³/mol. The molecule has 1 aromatic carbocycles. The molecule has 1 nitrogen and oxygen atoms in total. The number of halogens is 2. The highest BCUT2D eigenvalue weighted by Gasteiger charge is 2.30. The van der Waals surface area contributed by atoms with Crippen LogP contribution >= 0.6 is 31.9 Å². The predicted octanol–water partition coefficient (Wildman–Crippen LogP) is 4.49. The molecule has 1 aliphatic carbocycles. The first-order valence-electron chi connectivity index (χ1n) is 5.74. The molecule has 2 rings (SSSR count). The van der Waals surface area contributed by atoms with Crippen LogP contribution in [-0.4, -0.2) is 6.54 Å². The zero-order valence-corrected chi connectivity index (χ0v) is 12.7. The van der Waals surface area contributed by atoms with E-state index in [1.807, 2.05) is 0 Å². The Balaban J connectivity index is 1.83. The molecule has 0 aromatic heterocycles. The molecule has 0 amide bonds. The van der Waals surface area contributed by atoms with Gasteiger partial charge in [0.2, 0.25) is 0 Å². The lowest BCUT2D eigenvalue weighted by molar-refractivity contribution is 0.156. The van der Waals surface area contributed by atoms with Crippen molar-refractivity contribution < 1.29 is 0 Å². The SMILES string of the molecule is CC1(CNCc2ccc(Br)c(Br)c2)CCC1. The van der Waals surface area contributed by atoms with E-state index in [1.165, 1.54) is 24.8 Å². The number of benzene rings is 1. The number of rotatable bonds is 4. The summed E-state index contributed by atoms with van der Waals surface area (Å²) in [5, 5.41) is 3.55. The largest absolute Gasteiger partial charge is 0.312 e. The summed E-state index contributed by atoms with van der Waals surface area (Å²) in [4.78, 5) is 0. The van der Waals surface area contributed by atoms with Crippen LogP contribution in [0.25, 0.3) is 0 Å². The van der Waals surface area contributed by atoms with E-state index in [0.717, 1.165) is 22.0 Å². The van der Waals surface area contributed by atoms with E-state index in [1.54, 1.807) is 0 Å². The molecule has 0 spiro atoms.